The molecule has 0 aromatic heterocycles. The molecule has 3 rings (SSSR count). The Morgan fingerprint density at radius 2 is 1.48 bits per heavy atom. The highest BCUT2D eigenvalue weighted by molar-refractivity contribution is 14.1. The Bertz CT molecular complexity index is 1170. The summed E-state index contributed by atoms with van der Waals surface area (Å²) < 4.78 is 19.9. The molecular formula is C35H46IO4PSi. The molecule has 3 aromatic carbocycles. The van der Waals surface area contributed by atoms with Crippen molar-refractivity contribution in [3.05, 3.63) is 109 Å². The fourth-order valence-corrected chi connectivity index (χ4v) is 11.4. The maximum atomic E-state index is 13.1. The average Bonchev–Trinajstić information content (AvgIpc) is 3.00. The summed E-state index contributed by atoms with van der Waals surface area (Å²) in [6.45, 7) is 9.06. The van der Waals surface area contributed by atoms with Gasteiger partial charge in [-0.2, -0.15) is 0 Å². The van der Waals surface area contributed by atoms with Crippen LogP contribution in [0.1, 0.15) is 57.3 Å². The molecule has 4 nitrogen and oxygen atoms in total. The summed E-state index contributed by atoms with van der Waals surface area (Å²) in [4.78, 5) is 13.1. The Morgan fingerprint density at radius 1 is 0.929 bits per heavy atom. The first-order chi connectivity index (χ1) is 20.2. The van der Waals surface area contributed by atoms with Crippen LogP contribution in [0.5, 0.6) is 0 Å². The molecule has 0 radical (unpaired) electrons. The first-order valence-electron chi connectivity index (χ1n) is 14.8. The second-order valence-corrected chi connectivity index (χ2v) is 18.1. The number of halogens is 1. The van der Waals surface area contributed by atoms with Crippen LogP contribution in [0.15, 0.2) is 103 Å². The number of carbonyl (C=O) groups is 1. The summed E-state index contributed by atoms with van der Waals surface area (Å²) in [7, 11) is -0.548. The number of hydrogen-bond donors (Lipinski definition) is 0. The minimum atomic E-state index is -2.65. The molecule has 0 bridgehead atoms. The van der Waals surface area contributed by atoms with Gasteiger partial charge in [0.2, 0.25) is 0 Å². The first kappa shape index (κ1) is 34.7. The maximum absolute atomic E-state index is 13.1. The largest absolute Gasteiger partial charge is 0.454 e. The van der Waals surface area contributed by atoms with Crippen molar-refractivity contribution >= 4 is 56.1 Å². The summed E-state index contributed by atoms with van der Waals surface area (Å²) in [6.07, 6.45) is 7.50. The smallest absolute Gasteiger partial charge is 0.338 e. The van der Waals surface area contributed by atoms with Crippen LogP contribution in [0, 0.1) is 5.92 Å². The molecule has 4 atom stereocenters. The highest BCUT2D eigenvalue weighted by Gasteiger charge is 2.50. The highest BCUT2D eigenvalue weighted by Crippen LogP contribution is 2.38. The van der Waals surface area contributed by atoms with Gasteiger partial charge in [-0.3, -0.25) is 0 Å². The molecule has 0 spiro atoms. The van der Waals surface area contributed by atoms with E-state index in [0.717, 1.165) is 29.9 Å². The molecular weight excluding hydrogens is 670 g/mol. The van der Waals surface area contributed by atoms with E-state index in [1.807, 2.05) is 18.2 Å². The molecule has 2 unspecified atom stereocenters. The van der Waals surface area contributed by atoms with Crippen LogP contribution < -0.4 is 10.4 Å². The molecule has 0 aliphatic carbocycles. The van der Waals surface area contributed by atoms with E-state index in [1.165, 1.54) is 10.4 Å². The van der Waals surface area contributed by atoms with Gasteiger partial charge in [0.05, 0.1) is 5.56 Å². The summed E-state index contributed by atoms with van der Waals surface area (Å²) in [6, 6.07) is 30.7. The van der Waals surface area contributed by atoms with Crippen LogP contribution in [0.2, 0.25) is 5.04 Å². The van der Waals surface area contributed by atoms with Crippen molar-refractivity contribution in [2.45, 2.75) is 64.2 Å². The number of ether oxygens (including phenoxy) is 1. The quantitative estimate of drug-likeness (QED) is 0.0375. The van der Waals surface area contributed by atoms with Gasteiger partial charge in [-0.15, -0.1) is 0 Å². The third kappa shape index (κ3) is 9.58. The van der Waals surface area contributed by atoms with Gasteiger partial charge in [0.25, 0.3) is 8.32 Å². The van der Waals surface area contributed by atoms with E-state index in [2.05, 4.69) is 123 Å². The molecule has 7 heteroatoms. The topological polar surface area (TPSA) is 44.8 Å². The van der Waals surface area contributed by atoms with E-state index >= 15 is 0 Å². The lowest BCUT2D eigenvalue weighted by Crippen LogP contribution is -2.67. The minimum absolute atomic E-state index is 0.0355. The van der Waals surface area contributed by atoms with Gasteiger partial charge < -0.3 is 13.7 Å². The molecule has 0 fully saturated rings. The molecule has 0 amide bonds. The zero-order valence-electron chi connectivity index (χ0n) is 25.6. The number of carbonyl (C=O) groups excluding carboxylic acids is 1. The molecule has 0 aliphatic rings. The highest BCUT2D eigenvalue weighted by atomic mass is 127. The monoisotopic (exact) mass is 716 g/mol. The van der Waals surface area contributed by atoms with Crippen LogP contribution in [-0.2, 0) is 13.7 Å². The zero-order valence-corrected chi connectivity index (χ0v) is 29.8. The normalized spacial score (nSPS) is 14.7. The van der Waals surface area contributed by atoms with Gasteiger partial charge in [0, 0.05) is 27.9 Å². The molecule has 3 aromatic rings. The zero-order chi connectivity index (χ0) is 30.4. The molecule has 226 valence electrons. The van der Waals surface area contributed by atoms with Crippen LogP contribution in [-0.4, -0.2) is 44.2 Å². The Morgan fingerprint density at radius 3 is 1.98 bits per heavy atom. The van der Waals surface area contributed by atoms with Gasteiger partial charge in [0.15, 0.2) is 0 Å². The van der Waals surface area contributed by atoms with Crippen molar-refractivity contribution in [1.82, 2.24) is 0 Å². The Labute approximate surface area is 269 Å². The lowest BCUT2D eigenvalue weighted by Gasteiger charge is -2.44. The molecule has 0 aliphatic heterocycles. The number of rotatable bonds is 16. The van der Waals surface area contributed by atoms with Crippen LogP contribution in [0.4, 0.5) is 0 Å². The van der Waals surface area contributed by atoms with E-state index in [1.54, 1.807) is 19.2 Å². The Balaban J connectivity index is 1.88. The first-order valence-corrected chi connectivity index (χ1v) is 19.3. The number of hydrogen-bond acceptors (Lipinski definition) is 4. The lowest BCUT2D eigenvalue weighted by atomic mass is 9.98. The van der Waals surface area contributed by atoms with E-state index in [-0.39, 0.29) is 29.1 Å². The van der Waals surface area contributed by atoms with Gasteiger partial charge in [-0.1, -0.05) is 128 Å². The van der Waals surface area contributed by atoms with Crippen molar-refractivity contribution in [3.8, 4) is 0 Å². The van der Waals surface area contributed by atoms with E-state index < -0.39 is 8.32 Å². The van der Waals surface area contributed by atoms with Crippen molar-refractivity contribution in [3.63, 3.8) is 0 Å². The van der Waals surface area contributed by atoms with Crippen LogP contribution in [0.3, 0.4) is 0 Å². The SMILES string of the molecule is COPC[C@@H](CCCI)C(/C=C\C[C@H](C)O[Si](c1ccccc1)(c1ccccc1)C(C)(C)C)OC(=O)c1ccccc1. The van der Waals surface area contributed by atoms with Crippen LogP contribution in [0.25, 0.3) is 0 Å². The van der Waals surface area contributed by atoms with Crippen molar-refractivity contribution in [2.75, 3.05) is 17.7 Å². The summed E-state index contributed by atoms with van der Waals surface area (Å²) in [5, 5.41) is 2.45. The molecule has 0 saturated heterocycles. The minimum Gasteiger partial charge on any atom is -0.454 e. The predicted octanol–water partition coefficient (Wildman–Crippen LogP) is 8.19. The molecule has 0 saturated carbocycles. The van der Waals surface area contributed by atoms with Crippen LogP contribution >= 0.6 is 31.4 Å². The molecule has 0 N–H and O–H groups in total. The summed E-state index contributed by atoms with van der Waals surface area (Å²) >= 11 is 2.41. The molecule has 0 heterocycles. The third-order valence-corrected chi connectivity index (χ3v) is 14.4. The third-order valence-electron chi connectivity index (χ3n) is 7.50. The van der Waals surface area contributed by atoms with Gasteiger partial charge in [-0.05, 0) is 70.4 Å². The van der Waals surface area contributed by atoms with E-state index in [9.17, 15) is 4.79 Å². The fraction of sp³-hybridized carbons (Fsp3) is 0.400. The van der Waals surface area contributed by atoms with E-state index in [4.69, 9.17) is 13.7 Å². The van der Waals surface area contributed by atoms with E-state index in [0.29, 0.717) is 14.4 Å². The Hall–Kier alpha value is -1.83. The summed E-state index contributed by atoms with van der Waals surface area (Å²) in [5.41, 5.74) is 0.570. The Kier molecular flexibility index (Phi) is 14.4. The number of benzene rings is 3. The lowest BCUT2D eigenvalue weighted by molar-refractivity contribution is 0.0285. The average molecular weight is 717 g/mol. The second kappa shape index (κ2) is 17.5. The standard InChI is InChI=1S/C35H46IO4PSi/c1-28(40-42(35(2,3)4,31-21-11-7-12-22-31)32-23-13-8-14-24-32)17-15-25-33(30(20-16-26-36)27-41-38-5)39-34(37)29-18-9-6-10-19-29/h6-15,18-19,21-25,28,30,33,41H,16-17,20,26-27H2,1-5H3/b25-15-/t28-,30+,33?/m0/s1. The molecule has 42 heavy (non-hydrogen) atoms. The summed E-state index contributed by atoms with van der Waals surface area (Å²) in [5.74, 6) is -0.100. The van der Waals surface area contributed by atoms with Gasteiger partial charge >= 0.3 is 5.97 Å². The van der Waals surface area contributed by atoms with Gasteiger partial charge in [0.1, 0.15) is 6.10 Å². The van der Waals surface area contributed by atoms with Crippen molar-refractivity contribution in [1.29, 1.82) is 0 Å². The van der Waals surface area contributed by atoms with Crippen molar-refractivity contribution in [2.24, 2.45) is 5.92 Å². The van der Waals surface area contributed by atoms with Crippen molar-refractivity contribution < 1.29 is 18.5 Å². The fourth-order valence-electron chi connectivity index (χ4n) is 5.42. The maximum Gasteiger partial charge on any atom is 0.338 e. The number of esters is 1. The van der Waals surface area contributed by atoms with Gasteiger partial charge in [-0.25, -0.2) is 4.79 Å². The number of alkyl halides is 1. The predicted molar refractivity (Wildman–Crippen MR) is 189 cm³/mol. The second-order valence-electron chi connectivity index (χ2n) is 11.6.